The molecule has 30 heavy (non-hydrogen) atoms. The lowest BCUT2D eigenvalue weighted by molar-refractivity contribution is -0.138. The van der Waals surface area contributed by atoms with Gasteiger partial charge in [0.05, 0.1) is 36.6 Å². The van der Waals surface area contributed by atoms with Gasteiger partial charge in [-0.3, -0.25) is 14.6 Å². The lowest BCUT2D eigenvalue weighted by atomic mass is 9.73. The molecular weight excluding hydrogens is 412 g/mol. The van der Waals surface area contributed by atoms with Crippen molar-refractivity contribution in [3.8, 4) is 11.5 Å². The fraction of sp³-hybridized carbons (Fsp3) is 0.526. The van der Waals surface area contributed by atoms with Crippen molar-refractivity contribution in [1.82, 2.24) is 25.3 Å². The molecule has 4 atom stereocenters. The van der Waals surface area contributed by atoms with Gasteiger partial charge in [-0.15, -0.1) is 12.4 Å². The highest BCUT2D eigenvalue weighted by Crippen LogP contribution is 2.55. The Bertz CT molecular complexity index is 940. The van der Waals surface area contributed by atoms with Crippen LogP contribution < -0.4 is 11.1 Å². The van der Waals surface area contributed by atoms with Crippen molar-refractivity contribution in [2.45, 2.75) is 31.1 Å². The molecule has 2 bridgehead atoms. The number of hydrogen-bond donors (Lipinski definition) is 2. The van der Waals surface area contributed by atoms with Gasteiger partial charge in [0.2, 0.25) is 23.5 Å². The van der Waals surface area contributed by atoms with E-state index in [1.54, 1.807) is 23.2 Å². The number of amides is 2. The molecule has 160 valence electrons. The first-order valence-electron chi connectivity index (χ1n) is 9.80. The van der Waals surface area contributed by atoms with Crippen LogP contribution in [0.15, 0.2) is 28.9 Å². The number of fused-ring (bicyclic) bond motifs is 1. The highest BCUT2D eigenvalue weighted by Gasteiger charge is 2.68. The van der Waals surface area contributed by atoms with Crippen LogP contribution in [0.3, 0.4) is 0 Å². The highest BCUT2D eigenvalue weighted by molar-refractivity contribution is 5.92. The summed E-state index contributed by atoms with van der Waals surface area (Å²) in [6.45, 7) is 1.48. The van der Waals surface area contributed by atoms with Gasteiger partial charge in [-0.05, 0) is 25.0 Å². The van der Waals surface area contributed by atoms with Crippen molar-refractivity contribution in [3.63, 3.8) is 0 Å². The molecule has 5 heterocycles. The molecule has 3 N–H and O–H groups in total. The van der Waals surface area contributed by atoms with Crippen LogP contribution in [0.25, 0.3) is 11.5 Å². The van der Waals surface area contributed by atoms with E-state index in [1.807, 2.05) is 6.07 Å². The van der Waals surface area contributed by atoms with Crippen LogP contribution in [0.4, 0.5) is 0 Å². The minimum Gasteiger partial charge on any atom is -0.368 e. The van der Waals surface area contributed by atoms with Crippen LogP contribution in [0.2, 0.25) is 0 Å². The van der Waals surface area contributed by atoms with E-state index in [1.165, 1.54) is 0 Å². The van der Waals surface area contributed by atoms with E-state index in [4.69, 9.17) is 15.0 Å². The number of nitrogens with one attached hydrogen (secondary N) is 1. The first kappa shape index (κ1) is 20.7. The summed E-state index contributed by atoms with van der Waals surface area (Å²) in [5.41, 5.74) is 5.67. The predicted octanol–water partition coefficient (Wildman–Crippen LogP) is 0.134. The number of aromatic nitrogens is 3. The van der Waals surface area contributed by atoms with Gasteiger partial charge in [0, 0.05) is 19.3 Å². The molecule has 11 heteroatoms. The Morgan fingerprint density at radius 1 is 1.40 bits per heavy atom. The number of halogens is 1. The van der Waals surface area contributed by atoms with Gasteiger partial charge in [-0.25, -0.2) is 0 Å². The zero-order valence-corrected chi connectivity index (χ0v) is 17.0. The van der Waals surface area contributed by atoms with Crippen LogP contribution in [0.5, 0.6) is 0 Å². The molecule has 0 aromatic carbocycles. The smallest absolute Gasteiger partial charge is 0.246 e. The highest BCUT2D eigenvalue weighted by atomic mass is 35.5. The summed E-state index contributed by atoms with van der Waals surface area (Å²) in [6.07, 6.45) is 3.00. The molecule has 2 aromatic rings. The van der Waals surface area contributed by atoms with Crippen molar-refractivity contribution >= 4 is 24.2 Å². The summed E-state index contributed by atoms with van der Waals surface area (Å²) in [4.78, 5) is 36.0. The van der Waals surface area contributed by atoms with Gasteiger partial charge in [-0.2, -0.15) is 4.98 Å². The third kappa shape index (κ3) is 3.24. The second kappa shape index (κ2) is 7.93. The van der Waals surface area contributed by atoms with E-state index < -0.39 is 17.4 Å². The summed E-state index contributed by atoms with van der Waals surface area (Å²) in [7, 11) is 0. The largest absolute Gasteiger partial charge is 0.368 e. The molecular formula is C19H23ClN6O4. The standard InChI is InChI=1S/C19H22N6O4.ClH/c20-6-8-25-10-19-5-4-12(28-19)14(15(19)18(25)27)17(26)22-9-13-23-16(24-29-13)11-3-1-2-7-21-11;/h1-3,7,12,14-15H,4-6,8-10,20H2,(H,22,26);1H/t12-,14-,15+,19-;/m0./s1. The number of ether oxygens (including phenoxy) is 1. The van der Waals surface area contributed by atoms with E-state index in [-0.39, 0.29) is 42.8 Å². The minimum atomic E-state index is -0.546. The van der Waals surface area contributed by atoms with Crippen LogP contribution >= 0.6 is 12.4 Å². The average Bonchev–Trinajstić information content (AvgIpc) is 3.49. The van der Waals surface area contributed by atoms with Crippen LogP contribution in [-0.2, 0) is 20.9 Å². The lowest BCUT2D eigenvalue weighted by Crippen LogP contribution is -2.45. The summed E-state index contributed by atoms with van der Waals surface area (Å²) >= 11 is 0. The molecule has 0 saturated carbocycles. The van der Waals surface area contributed by atoms with Gasteiger partial charge in [-0.1, -0.05) is 11.2 Å². The van der Waals surface area contributed by atoms with E-state index >= 15 is 0 Å². The second-order valence-corrected chi connectivity index (χ2v) is 7.76. The summed E-state index contributed by atoms with van der Waals surface area (Å²) in [5.74, 6) is -0.562. The summed E-state index contributed by atoms with van der Waals surface area (Å²) in [5, 5.41) is 6.73. The van der Waals surface area contributed by atoms with Gasteiger partial charge in [0.1, 0.15) is 5.69 Å². The van der Waals surface area contributed by atoms with Crippen LogP contribution in [-0.4, -0.2) is 63.2 Å². The topological polar surface area (TPSA) is 136 Å². The van der Waals surface area contributed by atoms with Crippen LogP contribution in [0, 0.1) is 11.8 Å². The molecule has 3 aliphatic heterocycles. The zero-order chi connectivity index (χ0) is 20.0. The summed E-state index contributed by atoms with van der Waals surface area (Å²) in [6, 6.07) is 5.41. The van der Waals surface area contributed by atoms with Gasteiger partial charge >= 0.3 is 0 Å². The quantitative estimate of drug-likeness (QED) is 0.654. The summed E-state index contributed by atoms with van der Waals surface area (Å²) < 4.78 is 11.4. The molecule has 0 aliphatic carbocycles. The van der Waals surface area contributed by atoms with Crippen molar-refractivity contribution in [1.29, 1.82) is 0 Å². The molecule has 3 aliphatic rings. The first-order valence-corrected chi connectivity index (χ1v) is 9.80. The van der Waals surface area contributed by atoms with Gasteiger partial charge < -0.3 is 25.2 Å². The molecule has 10 nitrogen and oxygen atoms in total. The first-order chi connectivity index (χ1) is 14.1. The normalized spacial score (nSPS) is 29.0. The van der Waals surface area contributed by atoms with E-state index in [0.717, 1.165) is 12.8 Å². The number of pyridine rings is 1. The van der Waals surface area contributed by atoms with Gasteiger partial charge in [0.25, 0.3) is 0 Å². The Labute approximate surface area is 178 Å². The molecule has 2 aromatic heterocycles. The molecule has 0 radical (unpaired) electrons. The van der Waals surface area contributed by atoms with Crippen molar-refractivity contribution in [3.05, 3.63) is 30.3 Å². The average molecular weight is 435 g/mol. The monoisotopic (exact) mass is 434 g/mol. The third-order valence-electron chi connectivity index (χ3n) is 6.08. The number of nitrogens with zero attached hydrogens (tertiary/aromatic N) is 4. The third-order valence-corrected chi connectivity index (χ3v) is 6.08. The molecule has 3 fully saturated rings. The van der Waals surface area contributed by atoms with E-state index in [0.29, 0.717) is 31.2 Å². The van der Waals surface area contributed by atoms with Crippen molar-refractivity contribution in [2.24, 2.45) is 17.6 Å². The number of carbonyl (C=O) groups is 2. The molecule has 2 amide bonds. The SMILES string of the molecule is Cl.NCCN1C[C@]23CC[C@H](O2)[C@H](C(=O)NCc2nc(-c4ccccn4)no2)[C@@H]3C1=O. The van der Waals surface area contributed by atoms with E-state index in [2.05, 4.69) is 20.4 Å². The minimum absolute atomic E-state index is 0. The zero-order valence-electron chi connectivity index (χ0n) is 16.2. The number of carbonyl (C=O) groups excluding carboxylic acids is 2. The van der Waals surface area contributed by atoms with Crippen LogP contribution in [0.1, 0.15) is 18.7 Å². The number of hydrogen-bond acceptors (Lipinski definition) is 8. The number of likely N-dealkylation sites (tertiary alicyclic amines) is 1. The number of rotatable bonds is 6. The molecule has 3 saturated heterocycles. The predicted molar refractivity (Wildman–Crippen MR) is 106 cm³/mol. The maximum Gasteiger partial charge on any atom is 0.246 e. The van der Waals surface area contributed by atoms with Crippen molar-refractivity contribution < 1.29 is 18.8 Å². The maximum atomic E-state index is 12.9. The molecule has 1 spiro atoms. The maximum absolute atomic E-state index is 12.9. The fourth-order valence-electron chi connectivity index (χ4n) is 4.89. The lowest BCUT2D eigenvalue weighted by Gasteiger charge is -2.26. The number of nitrogens with two attached hydrogens (primary N) is 1. The second-order valence-electron chi connectivity index (χ2n) is 7.76. The Hall–Kier alpha value is -2.56. The Morgan fingerprint density at radius 2 is 2.27 bits per heavy atom. The fourth-order valence-corrected chi connectivity index (χ4v) is 4.89. The molecule has 5 rings (SSSR count). The Morgan fingerprint density at radius 3 is 3.03 bits per heavy atom. The Balaban J connectivity index is 0.00000218. The van der Waals surface area contributed by atoms with Crippen molar-refractivity contribution in [2.75, 3.05) is 19.6 Å². The Kier molecular flexibility index (Phi) is 5.48. The van der Waals surface area contributed by atoms with E-state index in [9.17, 15) is 9.59 Å². The van der Waals surface area contributed by atoms with Gasteiger partial charge in [0.15, 0.2) is 0 Å². The molecule has 0 unspecified atom stereocenters.